The smallest absolute Gasteiger partial charge is 0.132 e. The summed E-state index contributed by atoms with van der Waals surface area (Å²) >= 11 is 3.06. The van der Waals surface area contributed by atoms with Gasteiger partial charge in [-0.15, -0.1) is 0 Å². The third-order valence-corrected chi connectivity index (χ3v) is 3.79. The minimum absolute atomic E-state index is 0.100. The molecule has 19 heavy (non-hydrogen) atoms. The number of hydrogen-bond donors (Lipinski definition) is 1. The largest absolute Gasteiger partial charge is 0.320 e. The van der Waals surface area contributed by atoms with Crippen molar-refractivity contribution in [1.29, 1.82) is 0 Å². The van der Waals surface area contributed by atoms with Crippen molar-refractivity contribution in [3.8, 4) is 0 Å². The first-order chi connectivity index (χ1) is 8.91. The van der Waals surface area contributed by atoms with Crippen molar-refractivity contribution in [2.45, 2.75) is 19.9 Å². The number of aryl methyl sites for hydroxylation is 1. The molecule has 0 saturated carbocycles. The van der Waals surface area contributed by atoms with Gasteiger partial charge in [0.2, 0.25) is 0 Å². The van der Waals surface area contributed by atoms with Crippen LogP contribution in [0.1, 0.15) is 28.3 Å². The van der Waals surface area contributed by atoms with E-state index in [0.717, 1.165) is 16.7 Å². The van der Waals surface area contributed by atoms with Gasteiger partial charge in [-0.3, -0.25) is 0 Å². The van der Waals surface area contributed by atoms with Crippen molar-refractivity contribution in [3.05, 3.63) is 68.7 Å². The molecule has 2 aromatic carbocycles. The van der Waals surface area contributed by atoms with Gasteiger partial charge in [-0.2, -0.15) is 0 Å². The van der Waals surface area contributed by atoms with Crippen LogP contribution in [0.15, 0.2) is 34.8 Å². The van der Waals surface area contributed by atoms with Crippen molar-refractivity contribution >= 4 is 15.9 Å². The molecule has 1 unspecified atom stereocenters. The van der Waals surface area contributed by atoms with Crippen LogP contribution >= 0.6 is 15.9 Å². The lowest BCUT2D eigenvalue weighted by molar-refractivity contribution is 0.541. The average Bonchev–Trinajstić information content (AvgIpc) is 2.31. The summed E-state index contributed by atoms with van der Waals surface area (Å²) < 4.78 is 28.2. The number of rotatable bonds is 2. The lowest BCUT2D eigenvalue weighted by Gasteiger charge is -2.18. The molecule has 4 heteroatoms. The molecule has 0 saturated heterocycles. The first-order valence-corrected chi connectivity index (χ1v) is 6.67. The summed E-state index contributed by atoms with van der Waals surface area (Å²) in [5.74, 6) is -1.28. The highest BCUT2D eigenvalue weighted by Crippen LogP contribution is 2.30. The van der Waals surface area contributed by atoms with Gasteiger partial charge in [-0.1, -0.05) is 34.1 Å². The molecule has 0 spiro atoms. The third-order valence-electron chi connectivity index (χ3n) is 3.34. The van der Waals surface area contributed by atoms with E-state index in [0.29, 0.717) is 4.47 Å². The summed E-state index contributed by atoms with van der Waals surface area (Å²) in [6.45, 7) is 3.85. The topological polar surface area (TPSA) is 26.0 Å². The lowest BCUT2D eigenvalue weighted by atomic mass is 9.93. The van der Waals surface area contributed by atoms with Crippen molar-refractivity contribution in [1.82, 2.24) is 0 Å². The predicted octanol–water partition coefficient (Wildman–Crippen LogP) is 4.39. The first kappa shape index (κ1) is 14.2. The quantitative estimate of drug-likeness (QED) is 0.870. The molecule has 0 aromatic heterocycles. The minimum Gasteiger partial charge on any atom is -0.320 e. The highest BCUT2D eigenvalue weighted by molar-refractivity contribution is 9.10. The second-order valence-corrected chi connectivity index (χ2v) is 5.47. The molecule has 1 atom stereocenters. The SMILES string of the molecule is Cc1cccc(C(N)c2c(F)cc(Br)cc2F)c1C. The van der Waals surface area contributed by atoms with E-state index in [2.05, 4.69) is 15.9 Å². The molecular formula is C15H14BrF2N. The van der Waals surface area contributed by atoms with Gasteiger partial charge in [0.25, 0.3) is 0 Å². The van der Waals surface area contributed by atoms with E-state index in [1.54, 1.807) is 6.07 Å². The molecule has 0 aliphatic heterocycles. The summed E-state index contributed by atoms with van der Waals surface area (Å²) in [6, 6.07) is 7.22. The second kappa shape index (κ2) is 5.39. The Morgan fingerprint density at radius 2 is 1.68 bits per heavy atom. The van der Waals surface area contributed by atoms with Gasteiger partial charge >= 0.3 is 0 Å². The number of benzene rings is 2. The van der Waals surface area contributed by atoms with Crippen LogP contribution < -0.4 is 5.73 Å². The summed E-state index contributed by atoms with van der Waals surface area (Å²) in [4.78, 5) is 0. The zero-order valence-electron chi connectivity index (χ0n) is 10.7. The molecule has 0 fully saturated rings. The van der Waals surface area contributed by atoms with Gasteiger partial charge < -0.3 is 5.73 Å². The Balaban J connectivity index is 2.56. The molecule has 2 rings (SSSR count). The predicted molar refractivity (Wildman–Crippen MR) is 76.0 cm³/mol. The van der Waals surface area contributed by atoms with Crippen molar-refractivity contribution in [2.75, 3.05) is 0 Å². The molecule has 1 nitrogen and oxygen atoms in total. The van der Waals surface area contributed by atoms with Crippen molar-refractivity contribution in [2.24, 2.45) is 5.73 Å². The van der Waals surface area contributed by atoms with Gasteiger partial charge in [-0.25, -0.2) is 8.78 Å². The van der Waals surface area contributed by atoms with E-state index in [1.807, 2.05) is 26.0 Å². The summed E-state index contributed by atoms with van der Waals surface area (Å²) in [6.07, 6.45) is 0. The fourth-order valence-electron chi connectivity index (χ4n) is 2.12. The Hall–Kier alpha value is -1.26. The molecule has 0 radical (unpaired) electrons. The maximum absolute atomic E-state index is 13.9. The van der Waals surface area contributed by atoms with Crippen molar-refractivity contribution in [3.63, 3.8) is 0 Å². The van der Waals surface area contributed by atoms with E-state index in [-0.39, 0.29) is 5.56 Å². The van der Waals surface area contributed by atoms with Gasteiger partial charge in [-0.05, 0) is 42.7 Å². The fraction of sp³-hybridized carbons (Fsp3) is 0.200. The van der Waals surface area contributed by atoms with E-state index < -0.39 is 17.7 Å². The van der Waals surface area contributed by atoms with E-state index in [1.165, 1.54) is 12.1 Å². The van der Waals surface area contributed by atoms with Gasteiger partial charge in [0.1, 0.15) is 11.6 Å². The lowest BCUT2D eigenvalue weighted by Crippen LogP contribution is -2.17. The van der Waals surface area contributed by atoms with Crippen LogP contribution in [0.5, 0.6) is 0 Å². The monoisotopic (exact) mass is 325 g/mol. The molecule has 0 amide bonds. The molecule has 0 heterocycles. The summed E-state index contributed by atoms with van der Waals surface area (Å²) in [5.41, 5.74) is 8.68. The number of nitrogens with two attached hydrogens (primary N) is 1. The Bertz CT molecular complexity index is 603. The van der Waals surface area contributed by atoms with Gasteiger partial charge in [0, 0.05) is 10.0 Å². The zero-order valence-corrected chi connectivity index (χ0v) is 12.3. The average molecular weight is 326 g/mol. The molecular weight excluding hydrogens is 312 g/mol. The van der Waals surface area contributed by atoms with E-state index >= 15 is 0 Å². The van der Waals surface area contributed by atoms with Crippen LogP contribution in [0.25, 0.3) is 0 Å². The van der Waals surface area contributed by atoms with Crippen LogP contribution in [-0.4, -0.2) is 0 Å². The minimum atomic E-state index is -0.812. The second-order valence-electron chi connectivity index (χ2n) is 4.55. The van der Waals surface area contributed by atoms with Crippen LogP contribution in [0.3, 0.4) is 0 Å². The highest BCUT2D eigenvalue weighted by Gasteiger charge is 2.20. The molecule has 2 N–H and O–H groups in total. The molecule has 2 aromatic rings. The van der Waals surface area contributed by atoms with E-state index in [4.69, 9.17) is 5.73 Å². The van der Waals surface area contributed by atoms with Crippen molar-refractivity contribution < 1.29 is 8.78 Å². The maximum atomic E-state index is 13.9. The number of halogens is 3. The Morgan fingerprint density at radius 1 is 1.11 bits per heavy atom. The van der Waals surface area contributed by atoms with Crippen LogP contribution in [0.2, 0.25) is 0 Å². The Labute approximate surface area is 119 Å². The molecule has 0 aliphatic rings. The third kappa shape index (κ3) is 2.69. The van der Waals surface area contributed by atoms with E-state index in [9.17, 15) is 8.78 Å². The van der Waals surface area contributed by atoms with Crippen LogP contribution in [0.4, 0.5) is 8.78 Å². The summed E-state index contributed by atoms with van der Waals surface area (Å²) in [5, 5.41) is 0. The first-order valence-electron chi connectivity index (χ1n) is 5.88. The highest BCUT2D eigenvalue weighted by atomic mass is 79.9. The number of hydrogen-bond acceptors (Lipinski definition) is 1. The standard InChI is InChI=1S/C15H14BrF2N/c1-8-4-3-5-11(9(8)2)15(19)14-12(17)6-10(16)7-13(14)18/h3-7,15H,19H2,1-2H3. The fourth-order valence-corrected chi connectivity index (χ4v) is 2.52. The van der Waals surface area contributed by atoms with Crippen LogP contribution in [0, 0.1) is 25.5 Å². The molecule has 0 bridgehead atoms. The zero-order chi connectivity index (χ0) is 14.2. The van der Waals surface area contributed by atoms with Gasteiger partial charge in [0.15, 0.2) is 0 Å². The molecule has 100 valence electrons. The maximum Gasteiger partial charge on any atom is 0.132 e. The summed E-state index contributed by atoms with van der Waals surface area (Å²) in [7, 11) is 0. The normalized spacial score (nSPS) is 12.5. The van der Waals surface area contributed by atoms with Crippen LogP contribution in [-0.2, 0) is 0 Å². The Morgan fingerprint density at radius 3 is 2.26 bits per heavy atom. The Kier molecular flexibility index (Phi) is 4.02. The van der Waals surface area contributed by atoms with Gasteiger partial charge in [0.05, 0.1) is 6.04 Å². The molecule has 0 aliphatic carbocycles.